The Kier molecular flexibility index (Phi) is 7.10. The van der Waals surface area contributed by atoms with Crippen LogP contribution in [0.1, 0.15) is 22.3 Å². The SMILES string of the molecule is O=C1N=C(N2CC(N3CCOCC3)C2)S/C1=C/c1ccc2c(cnn2Cc2ccc(C(F)(F)F)cc2C(F)(F)F)c1. The Morgan fingerprint density at radius 3 is 2.46 bits per heavy atom. The van der Waals surface area contributed by atoms with Gasteiger partial charge in [0.2, 0.25) is 0 Å². The van der Waals surface area contributed by atoms with Gasteiger partial charge in [-0.1, -0.05) is 12.1 Å². The first kappa shape index (κ1) is 27.8. The quantitative estimate of drug-likeness (QED) is 0.309. The minimum absolute atomic E-state index is 0.126. The van der Waals surface area contributed by atoms with Gasteiger partial charge >= 0.3 is 12.4 Å². The summed E-state index contributed by atoms with van der Waals surface area (Å²) >= 11 is 1.30. The van der Waals surface area contributed by atoms with Gasteiger partial charge < -0.3 is 9.64 Å². The highest BCUT2D eigenvalue weighted by Crippen LogP contribution is 2.38. The Morgan fingerprint density at radius 1 is 1.00 bits per heavy atom. The number of aliphatic imine (C=N–C) groups is 1. The maximum absolute atomic E-state index is 13.6. The molecule has 0 atom stereocenters. The Bertz CT molecular complexity index is 1550. The molecule has 0 aliphatic carbocycles. The second kappa shape index (κ2) is 10.5. The van der Waals surface area contributed by atoms with Crippen molar-refractivity contribution in [2.75, 3.05) is 39.4 Å². The second-order valence-corrected chi connectivity index (χ2v) is 11.0. The van der Waals surface area contributed by atoms with E-state index < -0.39 is 23.5 Å². The molecule has 0 spiro atoms. The summed E-state index contributed by atoms with van der Waals surface area (Å²) in [7, 11) is 0. The van der Waals surface area contributed by atoms with Crippen molar-refractivity contribution >= 4 is 39.8 Å². The van der Waals surface area contributed by atoms with E-state index in [-0.39, 0.29) is 24.1 Å². The van der Waals surface area contributed by atoms with E-state index in [4.69, 9.17) is 4.74 Å². The number of alkyl halides is 6. The molecule has 0 radical (unpaired) electrons. The lowest BCUT2D eigenvalue weighted by molar-refractivity contribution is -0.143. The minimum Gasteiger partial charge on any atom is -0.379 e. The first-order valence-electron chi connectivity index (χ1n) is 12.8. The second-order valence-electron chi connectivity index (χ2n) is 10.0. The van der Waals surface area contributed by atoms with E-state index in [9.17, 15) is 31.1 Å². The number of morpholine rings is 1. The Morgan fingerprint density at radius 2 is 1.76 bits per heavy atom. The van der Waals surface area contributed by atoms with Crippen LogP contribution in [0, 0.1) is 0 Å². The third-order valence-corrected chi connectivity index (χ3v) is 8.37. The molecule has 1 aromatic heterocycles. The number of benzene rings is 2. The number of hydrogen-bond donors (Lipinski definition) is 0. The molecule has 1 amide bonds. The van der Waals surface area contributed by atoms with Crippen LogP contribution in [-0.2, 0) is 28.4 Å². The van der Waals surface area contributed by atoms with Crippen molar-refractivity contribution in [1.82, 2.24) is 19.6 Å². The van der Waals surface area contributed by atoms with Gasteiger partial charge in [0.25, 0.3) is 5.91 Å². The monoisotopic (exact) mass is 595 g/mol. The summed E-state index contributed by atoms with van der Waals surface area (Å²) < 4.78 is 86.5. The standard InChI is InChI=1S/C27H23F6N5O2S/c28-26(29,30)19-3-2-17(21(11-19)27(31,32)33)13-38-22-4-1-16(9-18(22)12-34-38)10-23-24(39)35-25(41-23)37-14-20(15-37)36-5-7-40-8-6-36/h1-4,9-12,20H,5-8,13-15H2/b23-10+. The van der Waals surface area contributed by atoms with E-state index in [1.807, 2.05) is 0 Å². The fourth-order valence-corrected chi connectivity index (χ4v) is 6.04. The van der Waals surface area contributed by atoms with Crippen molar-refractivity contribution in [1.29, 1.82) is 0 Å². The van der Waals surface area contributed by atoms with Crippen LogP contribution in [0.4, 0.5) is 26.3 Å². The fourth-order valence-electron chi connectivity index (χ4n) is 5.11. The molecule has 2 aromatic carbocycles. The van der Waals surface area contributed by atoms with Crippen molar-refractivity contribution in [3.8, 4) is 0 Å². The Balaban J connectivity index is 1.16. The van der Waals surface area contributed by atoms with Gasteiger partial charge in [-0.3, -0.25) is 14.4 Å². The molecule has 41 heavy (non-hydrogen) atoms. The molecular formula is C27H23F6N5O2S. The number of ether oxygens (including phenoxy) is 1. The summed E-state index contributed by atoms with van der Waals surface area (Å²) in [6, 6.07) is 7.11. The summed E-state index contributed by atoms with van der Waals surface area (Å²) in [5.74, 6) is -0.336. The number of fused-ring (bicyclic) bond motifs is 1. The predicted molar refractivity (Wildman–Crippen MR) is 141 cm³/mol. The number of carbonyl (C=O) groups is 1. The van der Waals surface area contributed by atoms with Gasteiger partial charge in [0.05, 0.1) is 47.5 Å². The minimum atomic E-state index is -4.97. The smallest absolute Gasteiger partial charge is 0.379 e. The zero-order valence-corrected chi connectivity index (χ0v) is 22.2. The van der Waals surface area contributed by atoms with E-state index in [2.05, 4.69) is 19.9 Å². The molecule has 2 fully saturated rings. The molecule has 3 aromatic rings. The lowest BCUT2D eigenvalue weighted by atomic mass is 10.0. The third-order valence-electron chi connectivity index (χ3n) is 7.33. The summed E-state index contributed by atoms with van der Waals surface area (Å²) in [5, 5.41) is 5.43. The molecule has 0 N–H and O–H groups in total. The van der Waals surface area contributed by atoms with Gasteiger partial charge in [-0.25, -0.2) is 0 Å². The zero-order valence-electron chi connectivity index (χ0n) is 21.4. The fraction of sp³-hybridized carbons (Fsp3) is 0.370. The van der Waals surface area contributed by atoms with Crippen LogP contribution >= 0.6 is 11.8 Å². The third kappa shape index (κ3) is 5.72. The number of halogens is 6. The van der Waals surface area contributed by atoms with Crippen LogP contribution < -0.4 is 0 Å². The Labute approximate surface area is 234 Å². The highest BCUT2D eigenvalue weighted by molar-refractivity contribution is 8.18. The molecule has 0 saturated carbocycles. The van der Waals surface area contributed by atoms with Gasteiger partial charge in [0.15, 0.2) is 5.17 Å². The van der Waals surface area contributed by atoms with E-state index in [1.165, 1.54) is 22.6 Å². The van der Waals surface area contributed by atoms with Gasteiger partial charge in [-0.15, -0.1) is 0 Å². The zero-order chi connectivity index (χ0) is 28.9. The van der Waals surface area contributed by atoms with Gasteiger partial charge in [0, 0.05) is 37.6 Å². The van der Waals surface area contributed by atoms with Gasteiger partial charge in [-0.05, 0) is 53.2 Å². The lowest BCUT2D eigenvalue weighted by Gasteiger charge is -2.47. The number of thioether (sulfide) groups is 1. The number of aromatic nitrogens is 2. The highest BCUT2D eigenvalue weighted by Gasteiger charge is 2.39. The molecule has 4 heterocycles. The van der Waals surface area contributed by atoms with Gasteiger partial charge in [0.1, 0.15) is 0 Å². The largest absolute Gasteiger partial charge is 0.416 e. The molecule has 216 valence electrons. The van der Waals surface area contributed by atoms with Gasteiger partial charge in [-0.2, -0.15) is 36.4 Å². The van der Waals surface area contributed by atoms with Crippen molar-refractivity contribution in [2.45, 2.75) is 24.9 Å². The summed E-state index contributed by atoms with van der Waals surface area (Å²) in [6.45, 7) is 4.47. The number of amidine groups is 1. The topological polar surface area (TPSA) is 63.0 Å². The van der Waals surface area contributed by atoms with E-state index in [0.29, 0.717) is 38.6 Å². The molecule has 0 bridgehead atoms. The summed E-state index contributed by atoms with van der Waals surface area (Å²) in [6.07, 6.45) is -6.69. The van der Waals surface area contributed by atoms with Crippen molar-refractivity contribution < 1.29 is 35.9 Å². The van der Waals surface area contributed by atoms with Crippen molar-refractivity contribution in [3.63, 3.8) is 0 Å². The first-order valence-corrected chi connectivity index (χ1v) is 13.6. The van der Waals surface area contributed by atoms with E-state index >= 15 is 0 Å². The summed E-state index contributed by atoms with van der Waals surface area (Å²) in [4.78, 5) is 21.7. The van der Waals surface area contributed by atoms with Crippen LogP contribution in [0.25, 0.3) is 17.0 Å². The molecule has 3 aliphatic heterocycles. The van der Waals surface area contributed by atoms with E-state index in [0.717, 1.165) is 45.5 Å². The molecule has 2 saturated heterocycles. The lowest BCUT2D eigenvalue weighted by Crippen LogP contribution is -2.62. The highest BCUT2D eigenvalue weighted by atomic mass is 32.2. The molecule has 6 rings (SSSR count). The van der Waals surface area contributed by atoms with Crippen molar-refractivity contribution in [3.05, 3.63) is 69.8 Å². The van der Waals surface area contributed by atoms with Crippen molar-refractivity contribution in [2.24, 2.45) is 4.99 Å². The average molecular weight is 596 g/mol. The number of rotatable bonds is 4. The molecule has 7 nitrogen and oxygen atoms in total. The van der Waals surface area contributed by atoms with Crippen LogP contribution in [0.15, 0.2) is 52.5 Å². The number of hydrogen-bond acceptors (Lipinski definition) is 6. The number of carbonyl (C=O) groups excluding carboxylic acids is 1. The first-order chi connectivity index (χ1) is 19.5. The number of likely N-dealkylation sites (tertiary alicyclic amines) is 1. The summed E-state index contributed by atoms with van der Waals surface area (Å²) in [5.41, 5.74) is -1.87. The number of amides is 1. The van der Waals surface area contributed by atoms with Crippen LogP contribution in [0.5, 0.6) is 0 Å². The van der Waals surface area contributed by atoms with Crippen LogP contribution in [-0.4, -0.2) is 76.1 Å². The number of nitrogens with zero attached hydrogens (tertiary/aromatic N) is 5. The maximum Gasteiger partial charge on any atom is 0.416 e. The molecular weight excluding hydrogens is 572 g/mol. The van der Waals surface area contributed by atoms with E-state index in [1.54, 1.807) is 24.3 Å². The average Bonchev–Trinajstić information content (AvgIpc) is 3.45. The molecule has 3 aliphatic rings. The van der Waals surface area contributed by atoms with Crippen LogP contribution in [0.2, 0.25) is 0 Å². The van der Waals surface area contributed by atoms with Crippen LogP contribution in [0.3, 0.4) is 0 Å². The predicted octanol–water partition coefficient (Wildman–Crippen LogP) is 5.11. The normalized spacial score (nSPS) is 20.2. The maximum atomic E-state index is 13.6. The Hall–Kier alpha value is -3.36. The molecule has 0 unspecified atom stereocenters. The molecule has 14 heteroatoms.